The number of hydrogen-bond acceptors (Lipinski definition) is 4. The van der Waals surface area contributed by atoms with E-state index in [-0.39, 0.29) is 6.54 Å². The van der Waals surface area contributed by atoms with Crippen LogP contribution in [-0.4, -0.2) is 28.4 Å². The Hall–Kier alpha value is -2.34. The maximum atomic E-state index is 11.7. The van der Waals surface area contributed by atoms with Gasteiger partial charge in [-0.1, -0.05) is 35.5 Å². The highest BCUT2D eigenvalue weighted by atomic mass is 16.5. The molecule has 0 radical (unpaired) electrons. The molecule has 0 aliphatic heterocycles. The minimum Gasteiger partial charge on any atom is -0.388 e. The molecule has 1 aliphatic carbocycles. The molecular weight excluding hydrogens is 270 g/mol. The van der Waals surface area contributed by atoms with E-state index in [9.17, 15) is 9.90 Å². The Bertz CT molecular complexity index is 620. The Morgan fingerprint density at radius 2 is 2.10 bits per heavy atom. The van der Waals surface area contributed by atoms with Crippen LogP contribution < -0.4 is 10.6 Å². The molecule has 0 unspecified atom stereocenters. The minimum absolute atomic E-state index is 0.252. The van der Waals surface area contributed by atoms with Crippen LogP contribution in [0.3, 0.4) is 0 Å². The summed E-state index contributed by atoms with van der Waals surface area (Å²) in [5.41, 5.74) is 0.151. The van der Waals surface area contributed by atoms with E-state index in [4.69, 9.17) is 4.52 Å². The topological polar surface area (TPSA) is 87.4 Å². The number of anilines is 1. The molecule has 21 heavy (non-hydrogen) atoms. The molecule has 0 atom stereocenters. The number of aliphatic hydroxyl groups is 1. The zero-order valence-corrected chi connectivity index (χ0v) is 11.5. The average molecular weight is 287 g/mol. The first kappa shape index (κ1) is 13.6. The van der Waals surface area contributed by atoms with Crippen molar-refractivity contribution in [3.05, 3.63) is 36.4 Å². The second-order valence-electron chi connectivity index (χ2n) is 5.33. The first-order valence-corrected chi connectivity index (χ1v) is 6.94. The van der Waals surface area contributed by atoms with Gasteiger partial charge in [-0.05, 0) is 19.3 Å². The predicted octanol–water partition coefficient (Wildman–Crippen LogP) is 2.38. The fourth-order valence-corrected chi connectivity index (χ4v) is 2.24. The summed E-state index contributed by atoms with van der Waals surface area (Å²) >= 11 is 0. The fraction of sp³-hybridized carbons (Fsp3) is 0.333. The number of rotatable bonds is 4. The Morgan fingerprint density at radius 3 is 2.76 bits per heavy atom. The number of nitrogens with one attached hydrogen (secondary N) is 2. The van der Waals surface area contributed by atoms with Crippen LogP contribution in [0.15, 0.2) is 40.9 Å². The van der Waals surface area contributed by atoms with Gasteiger partial charge in [-0.25, -0.2) is 4.79 Å². The summed E-state index contributed by atoms with van der Waals surface area (Å²) in [4.78, 5) is 11.7. The first-order chi connectivity index (χ1) is 10.1. The number of carbonyl (C=O) groups excluding carboxylic acids is 1. The Balaban J connectivity index is 1.56. The standard InChI is InChI=1S/C15H17N3O3/c19-14(16-10-15(20)7-4-8-15)17-13-9-12(21-18-13)11-5-2-1-3-6-11/h1-3,5-6,9,20H,4,7-8,10H2,(H2,16,17,18,19). The van der Waals surface area contributed by atoms with Crippen LogP contribution in [0.2, 0.25) is 0 Å². The fourth-order valence-electron chi connectivity index (χ4n) is 2.24. The average Bonchev–Trinajstić information content (AvgIpc) is 2.92. The van der Waals surface area contributed by atoms with Crippen molar-refractivity contribution < 1.29 is 14.4 Å². The van der Waals surface area contributed by atoms with E-state index >= 15 is 0 Å². The molecule has 1 heterocycles. The van der Waals surface area contributed by atoms with E-state index in [1.54, 1.807) is 6.07 Å². The molecule has 1 aromatic carbocycles. The molecule has 3 N–H and O–H groups in total. The molecule has 0 saturated heterocycles. The number of benzene rings is 1. The molecular formula is C15H17N3O3. The second kappa shape index (κ2) is 5.57. The van der Waals surface area contributed by atoms with Crippen LogP contribution in [0.25, 0.3) is 11.3 Å². The van der Waals surface area contributed by atoms with Crippen LogP contribution in [0.4, 0.5) is 10.6 Å². The summed E-state index contributed by atoms with van der Waals surface area (Å²) in [6.45, 7) is 0.252. The van der Waals surface area contributed by atoms with Gasteiger partial charge >= 0.3 is 6.03 Å². The van der Waals surface area contributed by atoms with Crippen molar-refractivity contribution >= 4 is 11.8 Å². The van der Waals surface area contributed by atoms with Crippen molar-refractivity contribution in [1.82, 2.24) is 10.5 Å². The molecule has 1 aliphatic rings. The van der Waals surface area contributed by atoms with Gasteiger partial charge in [-0.3, -0.25) is 5.32 Å². The van der Waals surface area contributed by atoms with Gasteiger partial charge in [0.05, 0.1) is 5.60 Å². The van der Waals surface area contributed by atoms with Crippen LogP contribution in [-0.2, 0) is 0 Å². The predicted molar refractivity (Wildman–Crippen MR) is 77.8 cm³/mol. The van der Waals surface area contributed by atoms with Crippen molar-refractivity contribution in [2.24, 2.45) is 0 Å². The number of aromatic nitrogens is 1. The van der Waals surface area contributed by atoms with Gasteiger partial charge in [0.15, 0.2) is 11.6 Å². The van der Waals surface area contributed by atoms with E-state index in [0.717, 1.165) is 24.8 Å². The van der Waals surface area contributed by atoms with Gasteiger partial charge in [0.2, 0.25) is 0 Å². The molecule has 0 bridgehead atoms. The molecule has 6 heteroatoms. The number of nitrogens with zero attached hydrogens (tertiary/aromatic N) is 1. The van der Waals surface area contributed by atoms with Crippen molar-refractivity contribution in [2.45, 2.75) is 24.9 Å². The van der Waals surface area contributed by atoms with Crippen LogP contribution >= 0.6 is 0 Å². The van der Waals surface area contributed by atoms with Gasteiger partial charge in [0.1, 0.15) is 0 Å². The molecule has 1 fully saturated rings. The van der Waals surface area contributed by atoms with E-state index in [0.29, 0.717) is 11.6 Å². The summed E-state index contributed by atoms with van der Waals surface area (Å²) in [5, 5.41) is 18.9. The third kappa shape index (κ3) is 3.22. The highest BCUT2D eigenvalue weighted by Crippen LogP contribution is 2.30. The Kier molecular flexibility index (Phi) is 3.62. The maximum absolute atomic E-state index is 11.7. The minimum atomic E-state index is -0.740. The Labute approximate surface area is 122 Å². The Morgan fingerprint density at radius 1 is 1.33 bits per heavy atom. The van der Waals surface area contributed by atoms with Gasteiger partial charge < -0.3 is 14.9 Å². The molecule has 1 aromatic heterocycles. The maximum Gasteiger partial charge on any atom is 0.320 e. The lowest BCUT2D eigenvalue weighted by Gasteiger charge is -2.36. The summed E-state index contributed by atoms with van der Waals surface area (Å²) in [6, 6.07) is 10.8. The van der Waals surface area contributed by atoms with Crippen LogP contribution in [0.1, 0.15) is 19.3 Å². The summed E-state index contributed by atoms with van der Waals surface area (Å²) < 4.78 is 5.19. The lowest BCUT2D eigenvalue weighted by atomic mass is 9.80. The number of carbonyl (C=O) groups is 1. The smallest absolute Gasteiger partial charge is 0.320 e. The van der Waals surface area contributed by atoms with Gasteiger partial charge in [0, 0.05) is 18.2 Å². The molecule has 2 amide bonds. The lowest BCUT2D eigenvalue weighted by Crippen LogP contribution is -2.48. The zero-order valence-electron chi connectivity index (χ0n) is 11.5. The number of urea groups is 1. The number of amides is 2. The summed E-state index contributed by atoms with van der Waals surface area (Å²) in [5.74, 6) is 0.926. The first-order valence-electron chi connectivity index (χ1n) is 6.94. The van der Waals surface area contributed by atoms with E-state index in [1.807, 2.05) is 30.3 Å². The van der Waals surface area contributed by atoms with E-state index < -0.39 is 11.6 Å². The molecule has 1 saturated carbocycles. The van der Waals surface area contributed by atoms with Crippen molar-refractivity contribution in [3.63, 3.8) is 0 Å². The third-order valence-electron chi connectivity index (χ3n) is 3.67. The van der Waals surface area contributed by atoms with E-state index in [1.165, 1.54) is 0 Å². The van der Waals surface area contributed by atoms with Crippen molar-refractivity contribution in [3.8, 4) is 11.3 Å². The third-order valence-corrected chi connectivity index (χ3v) is 3.67. The van der Waals surface area contributed by atoms with Crippen molar-refractivity contribution in [1.29, 1.82) is 0 Å². The molecule has 3 rings (SSSR count). The largest absolute Gasteiger partial charge is 0.388 e. The molecule has 2 aromatic rings. The highest BCUT2D eigenvalue weighted by molar-refractivity contribution is 5.88. The quantitative estimate of drug-likeness (QED) is 0.805. The summed E-state index contributed by atoms with van der Waals surface area (Å²) in [7, 11) is 0. The van der Waals surface area contributed by atoms with Crippen molar-refractivity contribution in [2.75, 3.05) is 11.9 Å². The van der Waals surface area contributed by atoms with E-state index in [2.05, 4.69) is 15.8 Å². The molecule has 6 nitrogen and oxygen atoms in total. The number of hydrogen-bond donors (Lipinski definition) is 3. The molecule has 0 spiro atoms. The highest BCUT2D eigenvalue weighted by Gasteiger charge is 2.34. The molecule has 110 valence electrons. The van der Waals surface area contributed by atoms with Gasteiger partial charge in [-0.15, -0.1) is 0 Å². The van der Waals surface area contributed by atoms with Gasteiger partial charge in [0.25, 0.3) is 0 Å². The zero-order chi connectivity index (χ0) is 14.7. The monoisotopic (exact) mass is 287 g/mol. The van der Waals surface area contributed by atoms with Crippen LogP contribution in [0, 0.1) is 0 Å². The normalized spacial score (nSPS) is 16.0. The second-order valence-corrected chi connectivity index (χ2v) is 5.33. The lowest BCUT2D eigenvalue weighted by molar-refractivity contribution is -0.0287. The summed E-state index contributed by atoms with van der Waals surface area (Å²) in [6.07, 6.45) is 2.47. The van der Waals surface area contributed by atoms with Crippen LogP contribution in [0.5, 0.6) is 0 Å². The van der Waals surface area contributed by atoms with Gasteiger partial charge in [-0.2, -0.15) is 0 Å². The SMILES string of the molecule is O=C(NCC1(O)CCC1)Nc1cc(-c2ccccc2)on1.